The van der Waals surface area contributed by atoms with Crippen LogP contribution < -0.4 is 4.57 Å². The molecule has 0 amide bonds. The summed E-state index contributed by atoms with van der Waals surface area (Å²) in [5.41, 5.74) is 0. The quantitative estimate of drug-likeness (QED) is 0.107. The van der Waals surface area contributed by atoms with E-state index in [0.717, 1.165) is 0 Å². The number of imidazole rings is 1. The number of unbranched alkanes of at least 4 members (excludes halogenated alkanes) is 17. The first-order valence-electron chi connectivity index (χ1n) is 15.8. The maximum Gasteiger partial charge on any atom is 0.257 e. The average molecular weight is 476 g/mol. The molecule has 1 rings (SSSR count). The lowest BCUT2D eigenvalue weighted by atomic mass is 9.93. The van der Waals surface area contributed by atoms with Crippen LogP contribution in [0.3, 0.4) is 0 Å². The summed E-state index contributed by atoms with van der Waals surface area (Å²) in [7, 11) is 0. The normalized spacial score (nSPS) is 13.4. The van der Waals surface area contributed by atoms with E-state index in [2.05, 4.69) is 49.6 Å². The van der Waals surface area contributed by atoms with Crippen molar-refractivity contribution < 1.29 is 4.57 Å². The number of aromatic nitrogens is 2. The molecule has 34 heavy (non-hydrogen) atoms. The molecule has 200 valence electrons. The van der Waals surface area contributed by atoms with E-state index in [1.165, 1.54) is 154 Å². The van der Waals surface area contributed by atoms with Crippen molar-refractivity contribution in [3.8, 4) is 0 Å². The summed E-state index contributed by atoms with van der Waals surface area (Å²) >= 11 is 0. The topological polar surface area (TPSA) is 19.7 Å². The van der Waals surface area contributed by atoms with Gasteiger partial charge in [0.25, 0.3) is 5.82 Å². The van der Waals surface area contributed by atoms with Crippen LogP contribution in [0.15, 0.2) is 12.4 Å². The highest BCUT2D eigenvalue weighted by Crippen LogP contribution is 2.27. The molecule has 0 aliphatic heterocycles. The fourth-order valence-corrected chi connectivity index (χ4v) is 5.63. The standard InChI is InChI=1S/C32H62N2/c1-5-8-10-12-13-14-15-16-17-18-19-20-21-22-24-27-31(26-23-11-9-6-2)32-33-28-29-34(32)30(4)25-7-3/h28-31H,5-27H2,1-4H3/p+1. The Kier molecular flexibility index (Phi) is 20.8. The average Bonchev–Trinajstić information content (AvgIpc) is 3.33. The van der Waals surface area contributed by atoms with Crippen molar-refractivity contribution >= 4 is 0 Å². The molecule has 0 saturated heterocycles. The van der Waals surface area contributed by atoms with E-state index in [4.69, 9.17) is 0 Å². The van der Waals surface area contributed by atoms with Crippen molar-refractivity contribution in [2.75, 3.05) is 0 Å². The van der Waals surface area contributed by atoms with Gasteiger partial charge in [-0.2, -0.15) is 0 Å². The molecular weight excluding hydrogens is 412 g/mol. The molecule has 0 spiro atoms. The molecule has 1 aromatic rings. The second kappa shape index (κ2) is 22.7. The minimum Gasteiger partial charge on any atom is -0.247 e. The Labute approximate surface area is 215 Å². The predicted molar refractivity (Wildman–Crippen MR) is 152 cm³/mol. The Morgan fingerprint density at radius 1 is 0.559 bits per heavy atom. The van der Waals surface area contributed by atoms with E-state index < -0.39 is 0 Å². The van der Waals surface area contributed by atoms with Gasteiger partial charge in [0.05, 0.1) is 12.0 Å². The lowest BCUT2D eigenvalue weighted by Gasteiger charge is -2.17. The lowest BCUT2D eigenvalue weighted by Crippen LogP contribution is -2.41. The molecule has 1 aromatic heterocycles. The van der Waals surface area contributed by atoms with Crippen LogP contribution in [0, 0.1) is 0 Å². The zero-order valence-corrected chi connectivity index (χ0v) is 24.0. The molecule has 1 N–H and O–H groups in total. The van der Waals surface area contributed by atoms with Crippen molar-refractivity contribution in [3.63, 3.8) is 0 Å². The highest BCUT2D eigenvalue weighted by Gasteiger charge is 2.25. The SMILES string of the molecule is CCCCCCCCCCCCCCCCCC(CCCCCC)c1[nH]cc[n+]1C(C)CCC. The highest BCUT2D eigenvalue weighted by molar-refractivity contribution is 4.90. The summed E-state index contributed by atoms with van der Waals surface area (Å²) in [6.07, 6.45) is 37.0. The number of aromatic amines is 1. The zero-order chi connectivity index (χ0) is 24.7. The van der Waals surface area contributed by atoms with E-state index in [-0.39, 0.29) is 0 Å². The van der Waals surface area contributed by atoms with Gasteiger partial charge in [0.15, 0.2) is 0 Å². The van der Waals surface area contributed by atoms with Crippen molar-refractivity contribution in [3.05, 3.63) is 18.2 Å². The molecule has 2 atom stereocenters. The fraction of sp³-hybridized carbons (Fsp3) is 0.906. The van der Waals surface area contributed by atoms with Crippen molar-refractivity contribution in [2.24, 2.45) is 0 Å². The Hall–Kier alpha value is -0.790. The molecular formula is C32H63N2+. The number of rotatable bonds is 25. The molecule has 0 saturated carbocycles. The van der Waals surface area contributed by atoms with Gasteiger partial charge < -0.3 is 0 Å². The summed E-state index contributed by atoms with van der Waals surface area (Å²) in [5.74, 6) is 2.22. The number of H-pyrrole nitrogens is 1. The van der Waals surface area contributed by atoms with Gasteiger partial charge in [-0.25, -0.2) is 9.55 Å². The van der Waals surface area contributed by atoms with Gasteiger partial charge >= 0.3 is 0 Å². The van der Waals surface area contributed by atoms with Gasteiger partial charge in [0.2, 0.25) is 0 Å². The zero-order valence-electron chi connectivity index (χ0n) is 24.0. The molecule has 2 nitrogen and oxygen atoms in total. The number of hydrogen-bond acceptors (Lipinski definition) is 0. The molecule has 2 unspecified atom stereocenters. The molecule has 0 aliphatic carbocycles. The predicted octanol–water partition coefficient (Wildman–Crippen LogP) is 11.0. The Morgan fingerprint density at radius 3 is 1.41 bits per heavy atom. The molecule has 0 bridgehead atoms. The van der Waals surface area contributed by atoms with Crippen LogP contribution in [0.25, 0.3) is 0 Å². The largest absolute Gasteiger partial charge is 0.257 e. The second-order valence-electron chi connectivity index (χ2n) is 11.2. The molecule has 1 heterocycles. The monoisotopic (exact) mass is 475 g/mol. The lowest BCUT2D eigenvalue weighted by molar-refractivity contribution is -0.727. The first-order chi connectivity index (χ1) is 16.7. The maximum atomic E-state index is 3.65. The van der Waals surface area contributed by atoms with Crippen LogP contribution in [0.1, 0.15) is 193 Å². The van der Waals surface area contributed by atoms with Crippen LogP contribution in [-0.4, -0.2) is 4.98 Å². The van der Waals surface area contributed by atoms with E-state index in [9.17, 15) is 0 Å². The maximum absolute atomic E-state index is 3.65. The van der Waals surface area contributed by atoms with Crippen LogP contribution in [0.4, 0.5) is 0 Å². The van der Waals surface area contributed by atoms with E-state index in [0.29, 0.717) is 12.0 Å². The Balaban J connectivity index is 2.19. The first kappa shape index (κ1) is 31.2. The van der Waals surface area contributed by atoms with Gasteiger partial charge in [-0.1, -0.05) is 149 Å². The molecule has 2 heteroatoms. The van der Waals surface area contributed by atoms with Gasteiger partial charge in [-0.05, 0) is 26.2 Å². The third-order valence-electron chi connectivity index (χ3n) is 7.87. The first-order valence-corrected chi connectivity index (χ1v) is 15.8. The summed E-state index contributed by atoms with van der Waals surface area (Å²) in [5, 5.41) is 0. The smallest absolute Gasteiger partial charge is 0.247 e. The molecule has 0 radical (unpaired) electrons. The highest BCUT2D eigenvalue weighted by atomic mass is 15.1. The van der Waals surface area contributed by atoms with E-state index in [1.54, 1.807) is 0 Å². The van der Waals surface area contributed by atoms with Gasteiger partial charge in [0, 0.05) is 0 Å². The molecule has 0 aromatic carbocycles. The van der Waals surface area contributed by atoms with Crippen molar-refractivity contribution in [1.82, 2.24) is 4.98 Å². The van der Waals surface area contributed by atoms with Crippen LogP contribution in [0.5, 0.6) is 0 Å². The Morgan fingerprint density at radius 2 is 0.971 bits per heavy atom. The van der Waals surface area contributed by atoms with Gasteiger partial charge in [-0.3, -0.25) is 0 Å². The van der Waals surface area contributed by atoms with E-state index in [1.807, 2.05) is 0 Å². The van der Waals surface area contributed by atoms with Crippen LogP contribution in [-0.2, 0) is 0 Å². The van der Waals surface area contributed by atoms with Gasteiger partial charge in [0.1, 0.15) is 12.4 Å². The number of hydrogen-bond donors (Lipinski definition) is 1. The third-order valence-corrected chi connectivity index (χ3v) is 7.87. The van der Waals surface area contributed by atoms with Gasteiger partial charge in [-0.15, -0.1) is 0 Å². The second-order valence-corrected chi connectivity index (χ2v) is 11.2. The van der Waals surface area contributed by atoms with Crippen LogP contribution in [0.2, 0.25) is 0 Å². The van der Waals surface area contributed by atoms with Crippen molar-refractivity contribution in [1.29, 1.82) is 0 Å². The summed E-state index contributed by atoms with van der Waals surface area (Å²) in [6, 6.07) is 0.616. The fourth-order valence-electron chi connectivity index (χ4n) is 5.63. The summed E-state index contributed by atoms with van der Waals surface area (Å²) < 4.78 is 2.55. The summed E-state index contributed by atoms with van der Waals surface area (Å²) in [4.78, 5) is 3.65. The van der Waals surface area contributed by atoms with Crippen LogP contribution >= 0.6 is 0 Å². The molecule has 0 fully saturated rings. The molecule has 0 aliphatic rings. The third kappa shape index (κ3) is 15.3. The minimum absolute atomic E-state index is 0.616. The number of nitrogens with one attached hydrogen (secondary N) is 1. The minimum atomic E-state index is 0.616. The van der Waals surface area contributed by atoms with E-state index >= 15 is 0 Å². The van der Waals surface area contributed by atoms with Crippen molar-refractivity contribution in [2.45, 2.75) is 187 Å². The number of nitrogens with zero attached hydrogens (tertiary/aromatic N) is 1. The Bertz CT molecular complexity index is 535. The summed E-state index contributed by atoms with van der Waals surface area (Å²) in [6.45, 7) is 9.32.